The lowest BCUT2D eigenvalue weighted by molar-refractivity contribution is -0.135. The van der Waals surface area contributed by atoms with Crippen molar-refractivity contribution in [1.82, 2.24) is 14.5 Å². The summed E-state index contributed by atoms with van der Waals surface area (Å²) in [6.45, 7) is 3.33. The molecule has 1 unspecified atom stereocenters. The molecule has 2 aliphatic heterocycles. The van der Waals surface area contributed by atoms with E-state index < -0.39 is 10.0 Å². The molecule has 1 aromatic rings. The van der Waals surface area contributed by atoms with Crippen LogP contribution >= 0.6 is 12.4 Å². The predicted molar refractivity (Wildman–Crippen MR) is 110 cm³/mol. The van der Waals surface area contributed by atoms with E-state index in [1.54, 1.807) is 31.4 Å². The summed E-state index contributed by atoms with van der Waals surface area (Å²) in [5.74, 6) is 1.27. The van der Waals surface area contributed by atoms with E-state index in [1.807, 2.05) is 11.9 Å². The minimum absolute atomic E-state index is 0. The Morgan fingerprint density at radius 1 is 1.14 bits per heavy atom. The van der Waals surface area contributed by atoms with Gasteiger partial charge in [0.15, 0.2) is 0 Å². The summed E-state index contributed by atoms with van der Waals surface area (Å²) in [7, 11) is -0.0444. The molecule has 2 saturated heterocycles. The lowest BCUT2D eigenvalue weighted by atomic mass is 9.96. The molecule has 1 N–H and O–H groups in total. The van der Waals surface area contributed by atoms with Gasteiger partial charge in [-0.05, 0) is 63.0 Å². The van der Waals surface area contributed by atoms with E-state index in [0.717, 1.165) is 26.1 Å². The summed E-state index contributed by atoms with van der Waals surface area (Å²) in [4.78, 5) is 15.0. The monoisotopic (exact) mass is 431 g/mol. The zero-order chi connectivity index (χ0) is 19.4. The van der Waals surface area contributed by atoms with Gasteiger partial charge in [-0.15, -0.1) is 12.4 Å². The molecular weight excluding hydrogens is 402 g/mol. The van der Waals surface area contributed by atoms with Crippen LogP contribution in [-0.4, -0.2) is 70.4 Å². The molecule has 3 rings (SSSR count). The van der Waals surface area contributed by atoms with E-state index in [1.165, 1.54) is 4.31 Å². The van der Waals surface area contributed by atoms with Crippen molar-refractivity contribution in [3.8, 4) is 5.75 Å². The highest BCUT2D eigenvalue weighted by Gasteiger charge is 2.35. The Bertz CT molecular complexity index is 749. The maximum Gasteiger partial charge on any atom is 0.243 e. The number of hydrogen-bond acceptors (Lipinski definition) is 5. The quantitative estimate of drug-likeness (QED) is 0.739. The van der Waals surface area contributed by atoms with Crippen LogP contribution in [0, 0.1) is 11.8 Å². The van der Waals surface area contributed by atoms with Gasteiger partial charge in [-0.3, -0.25) is 4.79 Å². The summed E-state index contributed by atoms with van der Waals surface area (Å²) in [5.41, 5.74) is 0. The van der Waals surface area contributed by atoms with Gasteiger partial charge in [-0.25, -0.2) is 8.42 Å². The normalized spacial score (nSPS) is 21.4. The van der Waals surface area contributed by atoms with Crippen LogP contribution in [0.15, 0.2) is 29.2 Å². The van der Waals surface area contributed by atoms with Gasteiger partial charge in [-0.2, -0.15) is 4.31 Å². The number of methoxy groups -OCH3 is 1. The Labute approximate surface area is 173 Å². The standard InChI is InChI=1S/C19H29N3O4S.ClH/c1-20-13-15-7-10-21(14-15)19(23)16-8-11-22(12-9-16)27(24,25)18-5-3-17(26-2)4-6-18;/h3-6,15-16,20H,7-14H2,1-2H3;1H. The first-order valence-electron chi connectivity index (χ1n) is 9.53. The fourth-order valence-corrected chi connectivity index (χ4v) is 5.46. The number of carbonyl (C=O) groups is 1. The maximum atomic E-state index is 12.8. The number of carbonyl (C=O) groups excluding carboxylic acids is 1. The van der Waals surface area contributed by atoms with Crippen LogP contribution in [-0.2, 0) is 14.8 Å². The second-order valence-electron chi connectivity index (χ2n) is 7.35. The Kier molecular flexibility index (Phi) is 8.12. The maximum absolute atomic E-state index is 12.8. The van der Waals surface area contributed by atoms with Crippen LogP contribution in [0.5, 0.6) is 5.75 Å². The first-order chi connectivity index (χ1) is 13.0. The second-order valence-corrected chi connectivity index (χ2v) is 9.29. The van der Waals surface area contributed by atoms with Crippen molar-refractivity contribution in [2.45, 2.75) is 24.2 Å². The Morgan fingerprint density at radius 2 is 1.79 bits per heavy atom. The number of sulfonamides is 1. The summed E-state index contributed by atoms with van der Waals surface area (Å²) in [6.07, 6.45) is 2.21. The highest BCUT2D eigenvalue weighted by atomic mass is 35.5. The number of nitrogens with zero attached hydrogens (tertiary/aromatic N) is 2. The van der Waals surface area contributed by atoms with Crippen molar-refractivity contribution >= 4 is 28.3 Å². The summed E-state index contributed by atoms with van der Waals surface area (Å²) in [6, 6.07) is 6.44. The first kappa shape index (κ1) is 22.9. The van der Waals surface area contributed by atoms with Crippen LogP contribution in [0.4, 0.5) is 0 Å². The number of rotatable bonds is 6. The van der Waals surface area contributed by atoms with Crippen LogP contribution in [0.25, 0.3) is 0 Å². The Morgan fingerprint density at radius 3 is 2.36 bits per heavy atom. The van der Waals surface area contributed by atoms with Crippen molar-refractivity contribution in [3.63, 3.8) is 0 Å². The number of amides is 1. The molecule has 158 valence electrons. The van der Waals surface area contributed by atoms with E-state index >= 15 is 0 Å². The molecule has 0 aliphatic carbocycles. The molecule has 2 aliphatic rings. The molecule has 2 fully saturated rings. The Hall–Kier alpha value is -1.35. The Balaban J connectivity index is 0.00000280. The van der Waals surface area contributed by atoms with Gasteiger partial charge >= 0.3 is 0 Å². The average Bonchev–Trinajstić information content (AvgIpc) is 3.16. The van der Waals surface area contributed by atoms with Crippen molar-refractivity contribution in [3.05, 3.63) is 24.3 Å². The third-order valence-electron chi connectivity index (χ3n) is 5.59. The molecule has 0 spiro atoms. The molecule has 1 amide bonds. The van der Waals surface area contributed by atoms with Crippen molar-refractivity contribution in [1.29, 1.82) is 0 Å². The number of piperidine rings is 1. The zero-order valence-electron chi connectivity index (χ0n) is 16.5. The first-order valence-corrected chi connectivity index (χ1v) is 11.0. The average molecular weight is 432 g/mol. The molecule has 0 aromatic heterocycles. The molecule has 1 atom stereocenters. The largest absolute Gasteiger partial charge is 0.497 e. The van der Waals surface area contributed by atoms with Crippen LogP contribution < -0.4 is 10.1 Å². The van der Waals surface area contributed by atoms with E-state index in [0.29, 0.717) is 37.6 Å². The third kappa shape index (κ3) is 4.97. The van der Waals surface area contributed by atoms with Crippen molar-refractivity contribution < 1.29 is 17.9 Å². The molecule has 0 bridgehead atoms. The third-order valence-corrected chi connectivity index (χ3v) is 7.50. The van der Waals surface area contributed by atoms with E-state index in [-0.39, 0.29) is 29.1 Å². The lowest BCUT2D eigenvalue weighted by Crippen LogP contribution is -2.44. The number of benzene rings is 1. The minimum atomic E-state index is -3.53. The number of ether oxygens (including phenoxy) is 1. The number of nitrogens with one attached hydrogen (secondary N) is 1. The SMILES string of the molecule is CNCC1CCN(C(=O)C2CCN(S(=O)(=O)c3ccc(OC)cc3)CC2)C1.Cl. The smallest absolute Gasteiger partial charge is 0.243 e. The fourth-order valence-electron chi connectivity index (χ4n) is 3.99. The second kappa shape index (κ2) is 9.91. The van der Waals surface area contributed by atoms with Crippen molar-refractivity contribution in [2.24, 2.45) is 11.8 Å². The molecule has 2 heterocycles. The molecule has 0 saturated carbocycles. The van der Waals surface area contributed by atoms with E-state index in [4.69, 9.17) is 4.74 Å². The number of halogens is 1. The molecule has 0 radical (unpaired) electrons. The highest BCUT2D eigenvalue weighted by Crippen LogP contribution is 2.27. The van der Waals surface area contributed by atoms with Gasteiger partial charge < -0.3 is 15.0 Å². The highest BCUT2D eigenvalue weighted by molar-refractivity contribution is 7.89. The molecule has 9 heteroatoms. The van der Waals surface area contributed by atoms with Gasteiger partial charge in [0.05, 0.1) is 12.0 Å². The van der Waals surface area contributed by atoms with Gasteiger partial charge in [0.25, 0.3) is 0 Å². The topological polar surface area (TPSA) is 79.0 Å². The van der Waals surface area contributed by atoms with Crippen molar-refractivity contribution in [2.75, 3.05) is 46.9 Å². The summed E-state index contributed by atoms with van der Waals surface area (Å²) in [5, 5.41) is 3.17. The zero-order valence-corrected chi connectivity index (χ0v) is 18.1. The van der Waals surface area contributed by atoms with Gasteiger partial charge in [0, 0.05) is 32.1 Å². The fraction of sp³-hybridized carbons (Fsp3) is 0.632. The van der Waals surface area contributed by atoms with E-state index in [9.17, 15) is 13.2 Å². The van der Waals surface area contributed by atoms with Gasteiger partial charge in [-0.1, -0.05) is 0 Å². The molecule has 1 aromatic carbocycles. The van der Waals surface area contributed by atoms with Crippen LogP contribution in [0.1, 0.15) is 19.3 Å². The van der Waals surface area contributed by atoms with E-state index in [2.05, 4.69) is 5.32 Å². The van der Waals surface area contributed by atoms with Gasteiger partial charge in [0.1, 0.15) is 5.75 Å². The van der Waals surface area contributed by atoms with Crippen LogP contribution in [0.2, 0.25) is 0 Å². The van der Waals surface area contributed by atoms with Crippen LogP contribution in [0.3, 0.4) is 0 Å². The molecular formula is C19H30ClN3O4S. The predicted octanol–water partition coefficient (Wildman–Crippen LogP) is 1.59. The minimum Gasteiger partial charge on any atom is -0.497 e. The number of hydrogen-bond donors (Lipinski definition) is 1. The van der Waals surface area contributed by atoms with Gasteiger partial charge in [0.2, 0.25) is 15.9 Å². The summed E-state index contributed by atoms with van der Waals surface area (Å²) >= 11 is 0. The molecule has 28 heavy (non-hydrogen) atoms. The number of likely N-dealkylation sites (tertiary alicyclic amines) is 1. The summed E-state index contributed by atoms with van der Waals surface area (Å²) < 4.78 is 32.2. The lowest BCUT2D eigenvalue weighted by Gasteiger charge is -2.32. The molecule has 7 nitrogen and oxygen atoms in total.